The van der Waals surface area contributed by atoms with Crippen LogP contribution in [0, 0.1) is 17.5 Å². The molecule has 0 saturated carbocycles. The van der Waals surface area contributed by atoms with E-state index in [0.717, 1.165) is 0 Å². The first-order chi connectivity index (χ1) is 12.2. The summed E-state index contributed by atoms with van der Waals surface area (Å²) < 4.78 is 45.2. The van der Waals surface area contributed by atoms with E-state index in [-0.39, 0.29) is 29.8 Å². The average molecular weight is 371 g/mol. The van der Waals surface area contributed by atoms with Crippen LogP contribution in [-0.4, -0.2) is 28.7 Å². The minimum atomic E-state index is -1.68. The number of halogens is 3. The Morgan fingerprint density at radius 1 is 1.19 bits per heavy atom. The number of benzene rings is 1. The summed E-state index contributed by atoms with van der Waals surface area (Å²) in [5.41, 5.74) is 4.26. The third-order valence-corrected chi connectivity index (χ3v) is 3.69. The van der Waals surface area contributed by atoms with Crippen molar-refractivity contribution in [2.75, 3.05) is 6.61 Å². The van der Waals surface area contributed by atoms with E-state index < -0.39 is 47.2 Å². The molecule has 0 radical (unpaired) electrons. The van der Waals surface area contributed by atoms with Crippen LogP contribution in [0.4, 0.5) is 13.2 Å². The molecule has 7 nitrogen and oxygen atoms in total. The van der Waals surface area contributed by atoms with Crippen LogP contribution in [0.1, 0.15) is 36.1 Å². The fourth-order valence-corrected chi connectivity index (χ4v) is 2.63. The third-order valence-electron chi connectivity index (χ3n) is 3.69. The molecule has 1 amide bonds. The first-order valence-electron chi connectivity index (χ1n) is 7.62. The van der Waals surface area contributed by atoms with Crippen LogP contribution in [-0.2, 0) is 20.7 Å². The van der Waals surface area contributed by atoms with Crippen molar-refractivity contribution < 1.29 is 27.5 Å². The summed E-state index contributed by atoms with van der Waals surface area (Å²) in [6.45, 7) is 1.71. The van der Waals surface area contributed by atoms with E-state index in [1.807, 2.05) is 0 Å². The maximum Gasteiger partial charge on any atom is 0.311 e. The molecule has 0 unspecified atom stereocenters. The number of H-pyrrole nitrogens is 2. The Morgan fingerprint density at radius 2 is 1.81 bits per heavy atom. The molecule has 0 aliphatic carbocycles. The molecule has 4 N–H and O–H groups in total. The number of aromatic amines is 2. The summed E-state index contributed by atoms with van der Waals surface area (Å²) in [7, 11) is 0. The van der Waals surface area contributed by atoms with Crippen LogP contribution < -0.4 is 11.3 Å². The number of carbonyl (C=O) groups excluding carboxylic acids is 2. The van der Waals surface area contributed by atoms with E-state index in [0.29, 0.717) is 12.1 Å². The first kappa shape index (κ1) is 19.3. The monoisotopic (exact) mass is 371 g/mol. The number of carbonyl (C=O) groups is 2. The highest BCUT2D eigenvalue weighted by atomic mass is 19.2. The maximum atomic E-state index is 13.6. The van der Waals surface area contributed by atoms with Gasteiger partial charge in [-0.15, -0.1) is 0 Å². The molecule has 10 heteroatoms. The highest BCUT2D eigenvalue weighted by molar-refractivity contribution is 5.76. The minimum absolute atomic E-state index is 0.0739. The summed E-state index contributed by atoms with van der Waals surface area (Å²) >= 11 is 0. The first-order valence-corrected chi connectivity index (χ1v) is 7.62. The molecule has 0 bridgehead atoms. The average Bonchev–Trinajstić information content (AvgIpc) is 2.90. The Bertz CT molecular complexity index is 868. The van der Waals surface area contributed by atoms with Crippen LogP contribution >= 0.6 is 0 Å². The SMILES string of the molecule is CCOC(=O)Cc1[nH][nH]c(=O)c1[C@@H](CC(N)=O)c1cc(F)c(F)c(F)c1. The van der Waals surface area contributed by atoms with Gasteiger partial charge in [0, 0.05) is 17.9 Å². The van der Waals surface area contributed by atoms with Gasteiger partial charge in [-0.25, -0.2) is 13.2 Å². The summed E-state index contributed by atoms with van der Waals surface area (Å²) in [6.07, 6.45) is -0.829. The van der Waals surface area contributed by atoms with Crippen molar-refractivity contribution in [2.24, 2.45) is 5.73 Å². The number of nitrogens with one attached hydrogen (secondary N) is 2. The van der Waals surface area contributed by atoms with Gasteiger partial charge in [0.2, 0.25) is 5.91 Å². The lowest BCUT2D eigenvalue weighted by atomic mass is 9.87. The van der Waals surface area contributed by atoms with Gasteiger partial charge in [-0.05, 0) is 24.6 Å². The van der Waals surface area contributed by atoms with Crippen LogP contribution in [0.3, 0.4) is 0 Å². The molecule has 1 aromatic heterocycles. The summed E-state index contributed by atoms with van der Waals surface area (Å²) in [5.74, 6) is -7.33. The Labute approximate surface area is 145 Å². The quantitative estimate of drug-likeness (QED) is 0.501. The number of rotatable bonds is 7. The van der Waals surface area contributed by atoms with Crippen molar-refractivity contribution in [3.8, 4) is 0 Å². The number of esters is 1. The number of ether oxygens (including phenoxy) is 1. The van der Waals surface area contributed by atoms with Gasteiger partial charge in [-0.3, -0.25) is 19.5 Å². The van der Waals surface area contributed by atoms with Crippen molar-refractivity contribution in [3.05, 3.63) is 56.8 Å². The van der Waals surface area contributed by atoms with Crippen LogP contribution in [0.5, 0.6) is 0 Å². The molecule has 1 atom stereocenters. The molecule has 0 spiro atoms. The molecular weight excluding hydrogens is 355 g/mol. The lowest BCUT2D eigenvalue weighted by Gasteiger charge is -2.16. The molecule has 0 aliphatic rings. The van der Waals surface area contributed by atoms with Gasteiger partial charge >= 0.3 is 5.97 Å². The van der Waals surface area contributed by atoms with Crippen molar-refractivity contribution in [1.29, 1.82) is 0 Å². The molecular formula is C16H16F3N3O4. The molecule has 140 valence electrons. The maximum absolute atomic E-state index is 13.6. The molecule has 1 aromatic carbocycles. The van der Waals surface area contributed by atoms with Gasteiger partial charge in [0.05, 0.1) is 18.7 Å². The van der Waals surface area contributed by atoms with Crippen molar-refractivity contribution in [3.63, 3.8) is 0 Å². The minimum Gasteiger partial charge on any atom is -0.466 e. The lowest BCUT2D eigenvalue weighted by Crippen LogP contribution is -2.22. The fourth-order valence-electron chi connectivity index (χ4n) is 2.63. The fraction of sp³-hybridized carbons (Fsp3) is 0.312. The van der Waals surface area contributed by atoms with Gasteiger partial charge < -0.3 is 15.6 Å². The number of aromatic nitrogens is 2. The number of hydrogen-bond acceptors (Lipinski definition) is 4. The topological polar surface area (TPSA) is 118 Å². The second-order valence-electron chi connectivity index (χ2n) is 5.47. The van der Waals surface area contributed by atoms with Crippen LogP contribution in [0.15, 0.2) is 16.9 Å². The molecule has 26 heavy (non-hydrogen) atoms. The number of primary amides is 1. The second-order valence-corrected chi connectivity index (χ2v) is 5.47. The Hall–Kier alpha value is -3.04. The highest BCUT2D eigenvalue weighted by Crippen LogP contribution is 2.30. The van der Waals surface area contributed by atoms with E-state index in [4.69, 9.17) is 10.5 Å². The molecule has 0 fully saturated rings. The molecule has 0 aliphatic heterocycles. The van der Waals surface area contributed by atoms with Crippen LogP contribution in [0.2, 0.25) is 0 Å². The number of hydrogen-bond donors (Lipinski definition) is 3. The lowest BCUT2D eigenvalue weighted by molar-refractivity contribution is -0.142. The predicted molar refractivity (Wildman–Crippen MR) is 83.7 cm³/mol. The van der Waals surface area contributed by atoms with Gasteiger partial charge in [-0.1, -0.05) is 0 Å². The zero-order valence-electron chi connectivity index (χ0n) is 13.7. The predicted octanol–water partition coefficient (Wildman–Crippen LogP) is 1.23. The van der Waals surface area contributed by atoms with Gasteiger partial charge in [0.25, 0.3) is 5.56 Å². The Balaban J connectivity index is 2.55. The standard InChI is InChI=1S/C16H16F3N3O4/c1-2-26-13(24)6-11-14(16(25)22-21-11)8(5-12(20)23)7-3-9(17)15(19)10(18)4-7/h3-4,8H,2,5-6H2,1H3,(H2,20,23)(H2,21,22,25)/t8-/m0/s1. The highest BCUT2D eigenvalue weighted by Gasteiger charge is 2.27. The zero-order valence-corrected chi connectivity index (χ0v) is 13.7. The van der Waals surface area contributed by atoms with Gasteiger partial charge in [0.15, 0.2) is 17.5 Å². The third kappa shape index (κ3) is 4.13. The number of amides is 1. The van der Waals surface area contributed by atoms with Gasteiger partial charge in [-0.2, -0.15) is 0 Å². The molecule has 2 rings (SSSR count). The smallest absolute Gasteiger partial charge is 0.311 e. The largest absolute Gasteiger partial charge is 0.466 e. The second kappa shape index (κ2) is 7.89. The normalized spacial score (nSPS) is 12.0. The van der Waals surface area contributed by atoms with Gasteiger partial charge in [0.1, 0.15) is 0 Å². The molecule has 2 aromatic rings. The molecule has 0 saturated heterocycles. The zero-order chi connectivity index (χ0) is 19.4. The Kier molecular flexibility index (Phi) is 5.86. The van der Waals surface area contributed by atoms with E-state index >= 15 is 0 Å². The van der Waals surface area contributed by atoms with E-state index in [1.54, 1.807) is 6.92 Å². The van der Waals surface area contributed by atoms with E-state index in [2.05, 4.69) is 10.2 Å². The summed E-state index contributed by atoms with van der Waals surface area (Å²) in [5, 5.41) is 4.72. The van der Waals surface area contributed by atoms with Crippen LogP contribution in [0.25, 0.3) is 0 Å². The number of nitrogens with two attached hydrogens (primary N) is 1. The van der Waals surface area contributed by atoms with Crippen molar-refractivity contribution >= 4 is 11.9 Å². The van der Waals surface area contributed by atoms with Crippen molar-refractivity contribution in [2.45, 2.75) is 25.7 Å². The summed E-state index contributed by atoms with van der Waals surface area (Å²) in [4.78, 5) is 35.3. The summed E-state index contributed by atoms with van der Waals surface area (Å²) in [6, 6.07) is 1.35. The molecule has 1 heterocycles. The Morgan fingerprint density at radius 3 is 2.35 bits per heavy atom. The van der Waals surface area contributed by atoms with E-state index in [1.165, 1.54) is 0 Å². The van der Waals surface area contributed by atoms with Crippen molar-refractivity contribution in [1.82, 2.24) is 10.2 Å². The van der Waals surface area contributed by atoms with E-state index in [9.17, 15) is 27.6 Å².